The van der Waals surface area contributed by atoms with E-state index in [9.17, 15) is 4.79 Å². The summed E-state index contributed by atoms with van der Waals surface area (Å²) in [5.41, 5.74) is 2.63. The van der Waals surface area contributed by atoms with E-state index in [-0.39, 0.29) is 5.97 Å². The Balaban J connectivity index is 2.40. The molecule has 2 rings (SSSR count). The minimum absolute atomic E-state index is 0.306. The van der Waals surface area contributed by atoms with Crippen LogP contribution in [-0.2, 0) is 4.74 Å². The lowest BCUT2D eigenvalue weighted by Crippen LogP contribution is -2.43. The normalized spacial score (nSPS) is 15.6. The molecule has 1 aromatic carbocycles. The predicted molar refractivity (Wildman–Crippen MR) is 74.9 cm³/mol. The van der Waals surface area contributed by atoms with Crippen molar-refractivity contribution in [3.63, 3.8) is 0 Å². The Morgan fingerprint density at radius 1 is 1.39 bits per heavy atom. The molecule has 0 amide bonds. The van der Waals surface area contributed by atoms with Crippen molar-refractivity contribution < 1.29 is 9.53 Å². The van der Waals surface area contributed by atoms with Crippen LogP contribution in [0.3, 0.4) is 0 Å². The number of anilines is 1. The number of rotatable bonds is 2. The molecule has 18 heavy (non-hydrogen) atoms. The molecular formula is C13H18N2O2S. The average molecular weight is 266 g/mol. The Morgan fingerprint density at radius 2 is 2.06 bits per heavy atom. The number of hydrogen-bond acceptors (Lipinski definition) is 5. The van der Waals surface area contributed by atoms with Crippen LogP contribution in [0.1, 0.15) is 15.9 Å². The topological polar surface area (TPSA) is 41.6 Å². The van der Waals surface area contributed by atoms with Crippen molar-refractivity contribution in [1.82, 2.24) is 5.32 Å². The number of hydrogen-bond donors (Lipinski definition) is 2. The molecule has 0 aromatic heterocycles. The van der Waals surface area contributed by atoms with Gasteiger partial charge in [0.05, 0.1) is 12.7 Å². The third-order valence-corrected chi connectivity index (χ3v) is 3.49. The van der Waals surface area contributed by atoms with Crippen molar-refractivity contribution in [2.24, 2.45) is 0 Å². The number of ether oxygens (including phenoxy) is 1. The molecule has 0 aliphatic carbocycles. The number of carbonyl (C=O) groups is 1. The van der Waals surface area contributed by atoms with Gasteiger partial charge in [-0.2, -0.15) is 0 Å². The third kappa shape index (κ3) is 2.62. The standard InChI is InChI=1S/C13H18N2O2S/c1-9-11(13(16)17-2)7-10(18)8-12(9)15-5-3-14-4-6-15/h7-8,14,18H,3-6H2,1-2H3. The molecule has 0 spiro atoms. The van der Waals surface area contributed by atoms with E-state index in [1.54, 1.807) is 6.07 Å². The van der Waals surface area contributed by atoms with Crippen LogP contribution in [0.5, 0.6) is 0 Å². The van der Waals surface area contributed by atoms with Crippen LogP contribution in [0.2, 0.25) is 0 Å². The Kier molecular flexibility index (Phi) is 4.14. The van der Waals surface area contributed by atoms with Crippen molar-refractivity contribution in [3.05, 3.63) is 23.3 Å². The summed E-state index contributed by atoms with van der Waals surface area (Å²) >= 11 is 4.37. The largest absolute Gasteiger partial charge is 0.465 e. The number of esters is 1. The number of piperazine rings is 1. The van der Waals surface area contributed by atoms with Crippen LogP contribution in [0.4, 0.5) is 5.69 Å². The maximum Gasteiger partial charge on any atom is 0.338 e. The van der Waals surface area contributed by atoms with E-state index < -0.39 is 0 Å². The minimum Gasteiger partial charge on any atom is -0.465 e. The average Bonchev–Trinajstić information content (AvgIpc) is 2.41. The molecule has 0 atom stereocenters. The zero-order valence-corrected chi connectivity index (χ0v) is 11.6. The van der Waals surface area contributed by atoms with Gasteiger partial charge in [0.15, 0.2) is 0 Å². The van der Waals surface area contributed by atoms with Crippen LogP contribution in [0, 0.1) is 6.92 Å². The summed E-state index contributed by atoms with van der Waals surface area (Å²) < 4.78 is 4.81. The molecule has 1 saturated heterocycles. The molecule has 1 fully saturated rings. The Morgan fingerprint density at radius 3 is 2.67 bits per heavy atom. The van der Waals surface area contributed by atoms with Gasteiger partial charge in [-0.15, -0.1) is 12.6 Å². The maximum absolute atomic E-state index is 11.7. The van der Waals surface area contributed by atoms with Crippen LogP contribution in [0.15, 0.2) is 17.0 Å². The molecule has 0 bridgehead atoms. The second-order valence-corrected chi connectivity index (χ2v) is 4.88. The number of methoxy groups -OCH3 is 1. The number of thiol groups is 1. The van der Waals surface area contributed by atoms with Gasteiger partial charge in [0.2, 0.25) is 0 Å². The first-order chi connectivity index (χ1) is 8.63. The second kappa shape index (κ2) is 5.63. The summed E-state index contributed by atoms with van der Waals surface area (Å²) in [5.74, 6) is -0.306. The fourth-order valence-electron chi connectivity index (χ4n) is 2.24. The number of benzene rings is 1. The summed E-state index contributed by atoms with van der Waals surface area (Å²) in [6, 6.07) is 3.77. The first kappa shape index (κ1) is 13.2. The minimum atomic E-state index is -0.306. The Labute approximate surface area is 113 Å². The molecule has 4 nitrogen and oxygen atoms in total. The van der Waals surface area contributed by atoms with Gasteiger partial charge in [-0.1, -0.05) is 0 Å². The maximum atomic E-state index is 11.7. The van der Waals surface area contributed by atoms with Crippen LogP contribution < -0.4 is 10.2 Å². The van der Waals surface area contributed by atoms with E-state index >= 15 is 0 Å². The SMILES string of the molecule is COC(=O)c1cc(S)cc(N2CCNCC2)c1C. The van der Waals surface area contributed by atoms with Crippen LogP contribution in [-0.4, -0.2) is 39.3 Å². The van der Waals surface area contributed by atoms with E-state index in [0.717, 1.165) is 42.3 Å². The Hall–Kier alpha value is -1.20. The molecule has 1 heterocycles. The molecule has 0 saturated carbocycles. The van der Waals surface area contributed by atoms with E-state index in [1.807, 2.05) is 13.0 Å². The van der Waals surface area contributed by atoms with Crippen LogP contribution >= 0.6 is 12.6 Å². The molecule has 1 N–H and O–H groups in total. The smallest absolute Gasteiger partial charge is 0.338 e. The molecule has 1 aliphatic rings. The number of nitrogens with zero attached hydrogens (tertiary/aromatic N) is 1. The zero-order chi connectivity index (χ0) is 13.1. The highest BCUT2D eigenvalue weighted by Crippen LogP contribution is 2.28. The van der Waals surface area contributed by atoms with Crippen molar-refractivity contribution in [2.75, 3.05) is 38.2 Å². The summed E-state index contributed by atoms with van der Waals surface area (Å²) in [7, 11) is 1.40. The first-order valence-corrected chi connectivity index (χ1v) is 6.46. The van der Waals surface area contributed by atoms with Crippen molar-refractivity contribution in [3.8, 4) is 0 Å². The first-order valence-electron chi connectivity index (χ1n) is 6.01. The monoisotopic (exact) mass is 266 g/mol. The molecule has 0 radical (unpaired) electrons. The molecule has 98 valence electrons. The molecule has 1 aliphatic heterocycles. The Bertz CT molecular complexity index is 457. The lowest BCUT2D eigenvalue weighted by atomic mass is 10.1. The second-order valence-electron chi connectivity index (χ2n) is 4.37. The molecule has 5 heteroatoms. The van der Waals surface area contributed by atoms with Crippen molar-refractivity contribution in [2.45, 2.75) is 11.8 Å². The van der Waals surface area contributed by atoms with Crippen molar-refractivity contribution >= 4 is 24.3 Å². The van der Waals surface area contributed by atoms with Gasteiger partial charge in [0.25, 0.3) is 0 Å². The number of carbonyl (C=O) groups excluding carboxylic acids is 1. The zero-order valence-electron chi connectivity index (χ0n) is 10.7. The highest BCUT2D eigenvalue weighted by molar-refractivity contribution is 7.80. The summed E-state index contributed by atoms with van der Waals surface area (Å²) in [4.78, 5) is 14.8. The highest BCUT2D eigenvalue weighted by Gasteiger charge is 2.18. The van der Waals surface area contributed by atoms with E-state index in [4.69, 9.17) is 4.74 Å². The molecular weight excluding hydrogens is 248 g/mol. The summed E-state index contributed by atoms with van der Waals surface area (Å²) in [5, 5.41) is 3.31. The van der Waals surface area contributed by atoms with Gasteiger partial charge >= 0.3 is 5.97 Å². The predicted octanol–water partition coefficient (Wildman–Crippen LogP) is 1.48. The van der Waals surface area contributed by atoms with E-state index in [2.05, 4.69) is 22.8 Å². The molecule has 0 unspecified atom stereocenters. The summed E-state index contributed by atoms with van der Waals surface area (Å²) in [6.45, 7) is 5.77. The van der Waals surface area contributed by atoms with Gasteiger partial charge in [0.1, 0.15) is 0 Å². The summed E-state index contributed by atoms with van der Waals surface area (Å²) in [6.07, 6.45) is 0. The van der Waals surface area contributed by atoms with Gasteiger partial charge in [-0.05, 0) is 24.6 Å². The van der Waals surface area contributed by atoms with E-state index in [1.165, 1.54) is 7.11 Å². The van der Waals surface area contributed by atoms with Crippen molar-refractivity contribution in [1.29, 1.82) is 0 Å². The number of nitrogens with one attached hydrogen (secondary N) is 1. The fraction of sp³-hybridized carbons (Fsp3) is 0.462. The van der Waals surface area contributed by atoms with Crippen LogP contribution in [0.25, 0.3) is 0 Å². The van der Waals surface area contributed by atoms with Gasteiger partial charge in [0, 0.05) is 36.8 Å². The van der Waals surface area contributed by atoms with Gasteiger partial charge < -0.3 is 15.0 Å². The van der Waals surface area contributed by atoms with Gasteiger partial charge in [-0.3, -0.25) is 0 Å². The quantitative estimate of drug-likeness (QED) is 0.628. The van der Waals surface area contributed by atoms with Gasteiger partial charge in [-0.25, -0.2) is 4.79 Å². The lowest BCUT2D eigenvalue weighted by molar-refractivity contribution is 0.0599. The third-order valence-electron chi connectivity index (χ3n) is 3.23. The van der Waals surface area contributed by atoms with E-state index in [0.29, 0.717) is 5.56 Å². The highest BCUT2D eigenvalue weighted by atomic mass is 32.1. The fourth-order valence-corrected chi connectivity index (χ4v) is 2.49. The molecule has 1 aromatic rings. The lowest BCUT2D eigenvalue weighted by Gasteiger charge is -2.31.